The van der Waals surface area contributed by atoms with Crippen LogP contribution in [0.15, 0.2) is 18.2 Å². The summed E-state index contributed by atoms with van der Waals surface area (Å²) in [5.41, 5.74) is -0.332. The van der Waals surface area contributed by atoms with E-state index in [9.17, 15) is 20.0 Å². The van der Waals surface area contributed by atoms with Crippen molar-refractivity contribution < 1.29 is 14.8 Å². The zero-order chi connectivity index (χ0) is 14.9. The number of nitro groups is 1. The van der Waals surface area contributed by atoms with Crippen LogP contribution in [0.1, 0.15) is 24.2 Å². The molecule has 0 atom stereocenters. The minimum atomic E-state index is -0.601. The van der Waals surface area contributed by atoms with Gasteiger partial charge in [0.15, 0.2) is 0 Å². The second kappa shape index (κ2) is 5.32. The van der Waals surface area contributed by atoms with Gasteiger partial charge in [-0.05, 0) is 26.0 Å². The maximum absolute atomic E-state index is 12.5. The largest absolute Gasteiger partial charge is 0.508 e. The molecule has 1 aromatic carbocycles. The number of amides is 1. The number of hydrogen-bond acceptors (Lipinski definition) is 5. The van der Waals surface area contributed by atoms with E-state index in [-0.39, 0.29) is 21.7 Å². The zero-order valence-electron chi connectivity index (χ0n) is 11.3. The van der Waals surface area contributed by atoms with Crippen LogP contribution in [0.4, 0.5) is 5.69 Å². The number of hydrogen-bond donors (Lipinski definition) is 1. The molecule has 1 aliphatic heterocycles. The van der Waals surface area contributed by atoms with Gasteiger partial charge in [-0.15, -0.1) is 0 Å². The van der Waals surface area contributed by atoms with Crippen molar-refractivity contribution in [2.75, 3.05) is 18.8 Å². The summed E-state index contributed by atoms with van der Waals surface area (Å²) in [4.78, 5) is 24.5. The number of phenols is 1. The van der Waals surface area contributed by atoms with E-state index in [0.717, 1.165) is 17.9 Å². The number of carbonyl (C=O) groups excluding carboxylic acids is 1. The molecule has 0 unspecified atom stereocenters. The molecule has 1 saturated heterocycles. The first-order valence-electron chi connectivity index (χ1n) is 6.21. The molecular formula is C13H16N2O4S. The maximum Gasteiger partial charge on any atom is 0.282 e. The molecule has 7 heteroatoms. The van der Waals surface area contributed by atoms with Crippen LogP contribution in [0.3, 0.4) is 0 Å². The lowest BCUT2D eigenvalue weighted by molar-refractivity contribution is -0.385. The zero-order valence-corrected chi connectivity index (χ0v) is 12.1. The second-order valence-corrected chi connectivity index (χ2v) is 7.10. The van der Waals surface area contributed by atoms with Gasteiger partial charge in [-0.1, -0.05) is 0 Å². The van der Waals surface area contributed by atoms with Crippen LogP contribution >= 0.6 is 11.8 Å². The second-order valence-electron chi connectivity index (χ2n) is 5.29. The van der Waals surface area contributed by atoms with Gasteiger partial charge in [-0.2, -0.15) is 11.8 Å². The van der Waals surface area contributed by atoms with Gasteiger partial charge in [0, 0.05) is 29.7 Å². The van der Waals surface area contributed by atoms with Gasteiger partial charge < -0.3 is 10.0 Å². The van der Waals surface area contributed by atoms with Crippen LogP contribution < -0.4 is 0 Å². The smallest absolute Gasteiger partial charge is 0.282 e. The molecule has 0 aromatic heterocycles. The van der Waals surface area contributed by atoms with Crippen molar-refractivity contribution in [3.63, 3.8) is 0 Å². The molecule has 1 aromatic rings. The van der Waals surface area contributed by atoms with Crippen molar-refractivity contribution in [1.29, 1.82) is 0 Å². The molecule has 2 rings (SSSR count). The molecule has 0 saturated carbocycles. The first-order valence-corrected chi connectivity index (χ1v) is 7.19. The summed E-state index contributed by atoms with van der Waals surface area (Å²) >= 11 is 1.77. The molecule has 20 heavy (non-hydrogen) atoms. The average molecular weight is 296 g/mol. The molecule has 6 nitrogen and oxygen atoms in total. The summed E-state index contributed by atoms with van der Waals surface area (Å²) in [5, 5.41) is 20.5. The highest BCUT2D eigenvalue weighted by molar-refractivity contribution is 8.00. The van der Waals surface area contributed by atoms with Crippen molar-refractivity contribution in [1.82, 2.24) is 4.90 Å². The van der Waals surface area contributed by atoms with Crippen LogP contribution in [0.25, 0.3) is 0 Å². The van der Waals surface area contributed by atoms with Gasteiger partial charge in [0.1, 0.15) is 11.3 Å². The Morgan fingerprint density at radius 3 is 2.80 bits per heavy atom. The number of nitrogens with zero attached hydrogens (tertiary/aromatic N) is 2. The van der Waals surface area contributed by atoms with E-state index in [1.807, 2.05) is 13.8 Å². The highest BCUT2D eigenvalue weighted by atomic mass is 32.2. The summed E-state index contributed by atoms with van der Waals surface area (Å²) in [6.45, 7) is 5.16. The van der Waals surface area contributed by atoms with Crippen molar-refractivity contribution in [3.8, 4) is 5.75 Å². The van der Waals surface area contributed by atoms with Gasteiger partial charge in [0.25, 0.3) is 11.6 Å². The number of thioether (sulfide) groups is 1. The van der Waals surface area contributed by atoms with Crippen LogP contribution in [0.5, 0.6) is 5.75 Å². The Labute approximate surface area is 120 Å². The van der Waals surface area contributed by atoms with Gasteiger partial charge in [0.05, 0.1) is 4.92 Å². The molecule has 108 valence electrons. The molecule has 1 N–H and O–H groups in total. The lowest BCUT2D eigenvalue weighted by Gasteiger charge is -2.37. The van der Waals surface area contributed by atoms with Gasteiger partial charge in [0.2, 0.25) is 0 Å². The van der Waals surface area contributed by atoms with Gasteiger partial charge in [-0.25, -0.2) is 0 Å². The number of aromatic hydroxyl groups is 1. The van der Waals surface area contributed by atoms with E-state index >= 15 is 0 Å². The molecular weight excluding hydrogens is 280 g/mol. The third-order valence-corrected chi connectivity index (χ3v) is 4.42. The molecule has 0 radical (unpaired) electrons. The van der Waals surface area contributed by atoms with Crippen molar-refractivity contribution in [2.45, 2.75) is 18.6 Å². The molecule has 1 amide bonds. The first kappa shape index (κ1) is 14.6. The summed E-state index contributed by atoms with van der Waals surface area (Å²) in [5.74, 6) is 0.247. The van der Waals surface area contributed by atoms with Crippen LogP contribution in [0, 0.1) is 10.1 Å². The molecule has 0 aliphatic carbocycles. The topological polar surface area (TPSA) is 83.7 Å². The fraction of sp³-hybridized carbons (Fsp3) is 0.462. The Morgan fingerprint density at radius 1 is 1.50 bits per heavy atom. The average Bonchev–Trinajstić information content (AvgIpc) is 2.36. The Kier molecular flexibility index (Phi) is 3.89. The molecule has 1 heterocycles. The number of nitro benzene ring substituents is 1. The van der Waals surface area contributed by atoms with Crippen LogP contribution in [-0.4, -0.2) is 44.4 Å². The van der Waals surface area contributed by atoms with Gasteiger partial charge >= 0.3 is 0 Å². The fourth-order valence-corrected chi connectivity index (χ4v) is 3.33. The first-order chi connectivity index (χ1) is 9.30. The summed E-state index contributed by atoms with van der Waals surface area (Å²) < 4.78 is -0.0699. The predicted octanol–water partition coefficient (Wildman–Crippen LogP) is 2.27. The maximum atomic E-state index is 12.5. The number of rotatable bonds is 2. The Bertz CT molecular complexity index is 559. The van der Waals surface area contributed by atoms with Gasteiger partial charge in [-0.3, -0.25) is 14.9 Å². The standard InChI is InChI=1S/C13H16N2O4S/c1-13(2)8-14(5-6-20-13)12(17)10-7-9(16)3-4-11(10)15(18)19/h3-4,7,16H,5-6,8H2,1-2H3. The Balaban J connectivity index is 2.33. The molecule has 0 bridgehead atoms. The van der Waals surface area contributed by atoms with Crippen molar-refractivity contribution in [3.05, 3.63) is 33.9 Å². The van der Waals surface area contributed by atoms with E-state index in [2.05, 4.69) is 0 Å². The predicted molar refractivity (Wildman–Crippen MR) is 77.2 cm³/mol. The summed E-state index contributed by atoms with van der Waals surface area (Å²) in [6, 6.07) is 3.53. The van der Waals surface area contributed by atoms with E-state index in [1.165, 1.54) is 6.07 Å². The number of carbonyl (C=O) groups is 1. The van der Waals surface area contributed by atoms with E-state index < -0.39 is 10.8 Å². The minimum absolute atomic E-state index is 0.0577. The lowest BCUT2D eigenvalue weighted by Crippen LogP contribution is -2.46. The summed E-state index contributed by atoms with van der Waals surface area (Å²) in [6.07, 6.45) is 0. The SMILES string of the molecule is CC1(C)CN(C(=O)c2cc(O)ccc2[N+](=O)[O-])CCS1. The molecule has 0 spiro atoms. The van der Waals surface area contributed by atoms with E-state index in [0.29, 0.717) is 13.1 Å². The highest BCUT2D eigenvalue weighted by Crippen LogP contribution is 2.32. The van der Waals surface area contributed by atoms with E-state index in [1.54, 1.807) is 16.7 Å². The van der Waals surface area contributed by atoms with Crippen molar-refractivity contribution in [2.24, 2.45) is 0 Å². The third-order valence-electron chi connectivity index (χ3n) is 3.12. The van der Waals surface area contributed by atoms with Crippen LogP contribution in [0.2, 0.25) is 0 Å². The monoisotopic (exact) mass is 296 g/mol. The number of phenolic OH excluding ortho intramolecular Hbond substituents is 1. The quantitative estimate of drug-likeness (QED) is 0.668. The van der Waals surface area contributed by atoms with Crippen LogP contribution in [-0.2, 0) is 0 Å². The van der Waals surface area contributed by atoms with E-state index in [4.69, 9.17) is 0 Å². The number of benzene rings is 1. The molecule has 1 aliphatic rings. The summed E-state index contributed by atoms with van der Waals surface area (Å²) in [7, 11) is 0. The lowest BCUT2D eigenvalue weighted by atomic mass is 10.1. The fourth-order valence-electron chi connectivity index (χ4n) is 2.21. The molecule has 1 fully saturated rings. The van der Waals surface area contributed by atoms with Crippen molar-refractivity contribution >= 4 is 23.4 Å². The Morgan fingerprint density at radius 2 is 2.20 bits per heavy atom. The minimum Gasteiger partial charge on any atom is -0.508 e. The Hall–Kier alpha value is -1.76. The third kappa shape index (κ3) is 3.04. The normalized spacial score (nSPS) is 17.8. The highest BCUT2D eigenvalue weighted by Gasteiger charge is 2.32.